The molecule has 1 atom stereocenters. The predicted octanol–water partition coefficient (Wildman–Crippen LogP) is 2.62. The SMILES string of the molecule is Cc1ccc(S(=O)(=O)N2CCC[C@H]2C(=O)Nc2cccc(CN3CCOCC3)c2)cc1. The number of hydrogen-bond donors (Lipinski definition) is 1. The molecule has 2 aromatic carbocycles. The molecule has 7 nitrogen and oxygen atoms in total. The normalized spacial score (nSPS) is 20.6. The van der Waals surface area contributed by atoms with Crippen molar-refractivity contribution >= 4 is 21.6 Å². The summed E-state index contributed by atoms with van der Waals surface area (Å²) < 4.78 is 33.0. The van der Waals surface area contributed by atoms with Crippen LogP contribution in [0.15, 0.2) is 53.4 Å². The van der Waals surface area contributed by atoms with Crippen molar-refractivity contribution in [3.63, 3.8) is 0 Å². The highest BCUT2D eigenvalue weighted by Crippen LogP contribution is 2.27. The number of hydrogen-bond acceptors (Lipinski definition) is 5. The van der Waals surface area contributed by atoms with E-state index in [1.165, 1.54) is 4.31 Å². The highest BCUT2D eigenvalue weighted by Gasteiger charge is 2.39. The Morgan fingerprint density at radius 1 is 1.10 bits per heavy atom. The van der Waals surface area contributed by atoms with Crippen molar-refractivity contribution < 1.29 is 17.9 Å². The maximum absolute atomic E-state index is 13.1. The third kappa shape index (κ3) is 5.15. The first-order chi connectivity index (χ1) is 14.9. The van der Waals surface area contributed by atoms with Gasteiger partial charge in [-0.05, 0) is 49.6 Å². The molecule has 0 spiro atoms. The molecule has 2 aliphatic rings. The molecule has 8 heteroatoms. The molecule has 1 N–H and O–H groups in total. The number of amides is 1. The fourth-order valence-electron chi connectivity index (χ4n) is 4.13. The molecule has 0 unspecified atom stereocenters. The summed E-state index contributed by atoms with van der Waals surface area (Å²) in [7, 11) is -3.72. The van der Waals surface area contributed by atoms with Crippen molar-refractivity contribution in [3.05, 3.63) is 59.7 Å². The summed E-state index contributed by atoms with van der Waals surface area (Å²) in [5.41, 5.74) is 2.79. The van der Waals surface area contributed by atoms with Crippen LogP contribution in [0, 0.1) is 6.92 Å². The second kappa shape index (κ2) is 9.48. The van der Waals surface area contributed by atoms with Gasteiger partial charge in [0.15, 0.2) is 0 Å². The van der Waals surface area contributed by atoms with Crippen LogP contribution < -0.4 is 5.32 Å². The Bertz CT molecular complexity index is 1020. The summed E-state index contributed by atoms with van der Waals surface area (Å²) in [6.07, 6.45) is 1.19. The lowest BCUT2D eigenvalue weighted by Crippen LogP contribution is -2.43. The zero-order chi connectivity index (χ0) is 21.8. The fourth-order valence-corrected chi connectivity index (χ4v) is 5.78. The molecular weight excluding hydrogens is 414 g/mol. The molecule has 4 rings (SSSR count). The van der Waals surface area contributed by atoms with Crippen molar-refractivity contribution in [2.24, 2.45) is 0 Å². The molecule has 31 heavy (non-hydrogen) atoms. The van der Waals surface area contributed by atoms with Gasteiger partial charge in [0.2, 0.25) is 15.9 Å². The van der Waals surface area contributed by atoms with E-state index in [0.717, 1.165) is 44.0 Å². The van der Waals surface area contributed by atoms with Gasteiger partial charge < -0.3 is 10.1 Å². The summed E-state index contributed by atoms with van der Waals surface area (Å²) in [5, 5.41) is 2.94. The van der Waals surface area contributed by atoms with Gasteiger partial charge in [-0.15, -0.1) is 0 Å². The Hall–Kier alpha value is -2.26. The van der Waals surface area contributed by atoms with Crippen molar-refractivity contribution in [1.29, 1.82) is 0 Å². The van der Waals surface area contributed by atoms with Gasteiger partial charge in [0.05, 0.1) is 18.1 Å². The lowest BCUT2D eigenvalue weighted by atomic mass is 10.1. The number of anilines is 1. The molecule has 2 saturated heterocycles. The van der Waals surface area contributed by atoms with Gasteiger partial charge in [-0.3, -0.25) is 9.69 Å². The Labute approximate surface area is 184 Å². The first kappa shape index (κ1) is 22.0. The van der Waals surface area contributed by atoms with Crippen molar-refractivity contribution in [2.45, 2.75) is 37.2 Å². The van der Waals surface area contributed by atoms with Crippen LogP contribution >= 0.6 is 0 Å². The topological polar surface area (TPSA) is 79.0 Å². The average Bonchev–Trinajstić information content (AvgIpc) is 3.26. The molecule has 2 aromatic rings. The second-order valence-corrected chi connectivity index (χ2v) is 10.1. The summed E-state index contributed by atoms with van der Waals surface area (Å²) >= 11 is 0. The minimum Gasteiger partial charge on any atom is -0.379 e. The van der Waals surface area contributed by atoms with Crippen LogP contribution in [0.25, 0.3) is 0 Å². The Balaban J connectivity index is 1.45. The van der Waals surface area contributed by atoms with Gasteiger partial charge in [0.1, 0.15) is 6.04 Å². The Morgan fingerprint density at radius 2 is 1.84 bits per heavy atom. The number of morpholine rings is 1. The van der Waals surface area contributed by atoms with Crippen LogP contribution in [-0.2, 0) is 26.1 Å². The second-order valence-electron chi connectivity index (χ2n) is 8.16. The molecule has 166 valence electrons. The molecule has 2 fully saturated rings. The predicted molar refractivity (Wildman–Crippen MR) is 119 cm³/mol. The van der Waals surface area contributed by atoms with Crippen LogP contribution in [0.5, 0.6) is 0 Å². The van der Waals surface area contributed by atoms with E-state index in [9.17, 15) is 13.2 Å². The molecule has 0 bridgehead atoms. The minimum atomic E-state index is -3.72. The summed E-state index contributed by atoms with van der Waals surface area (Å²) in [6, 6.07) is 13.8. The monoisotopic (exact) mass is 443 g/mol. The standard InChI is InChI=1S/C23H29N3O4S/c1-18-7-9-21(10-8-18)31(28,29)26-11-3-6-22(26)23(27)24-20-5-2-4-19(16-20)17-25-12-14-30-15-13-25/h2,4-5,7-10,16,22H,3,6,11-15,17H2,1H3,(H,24,27)/t22-/m0/s1. The molecule has 0 aliphatic carbocycles. The van der Waals surface area contributed by atoms with E-state index in [-0.39, 0.29) is 10.8 Å². The van der Waals surface area contributed by atoms with Crippen LogP contribution in [0.2, 0.25) is 0 Å². The lowest BCUT2D eigenvalue weighted by Gasteiger charge is -2.27. The quantitative estimate of drug-likeness (QED) is 0.743. The number of rotatable bonds is 6. The van der Waals surface area contributed by atoms with E-state index >= 15 is 0 Å². The van der Waals surface area contributed by atoms with Gasteiger partial charge in [-0.25, -0.2) is 8.42 Å². The Kier molecular flexibility index (Phi) is 6.71. The van der Waals surface area contributed by atoms with Gasteiger partial charge in [0, 0.05) is 31.9 Å². The minimum absolute atomic E-state index is 0.227. The van der Waals surface area contributed by atoms with E-state index in [4.69, 9.17) is 4.74 Å². The van der Waals surface area contributed by atoms with Gasteiger partial charge in [-0.1, -0.05) is 29.8 Å². The summed E-state index contributed by atoms with van der Waals surface area (Å²) in [4.78, 5) is 15.6. The van der Waals surface area contributed by atoms with Crippen molar-refractivity contribution in [1.82, 2.24) is 9.21 Å². The van der Waals surface area contributed by atoms with Gasteiger partial charge >= 0.3 is 0 Å². The van der Waals surface area contributed by atoms with E-state index in [0.29, 0.717) is 25.1 Å². The summed E-state index contributed by atoms with van der Waals surface area (Å²) in [5.74, 6) is -0.281. The highest BCUT2D eigenvalue weighted by molar-refractivity contribution is 7.89. The third-order valence-electron chi connectivity index (χ3n) is 5.84. The highest BCUT2D eigenvalue weighted by atomic mass is 32.2. The van der Waals surface area contributed by atoms with E-state index in [1.807, 2.05) is 31.2 Å². The van der Waals surface area contributed by atoms with Crippen molar-refractivity contribution in [2.75, 3.05) is 38.2 Å². The zero-order valence-electron chi connectivity index (χ0n) is 17.8. The number of ether oxygens (including phenoxy) is 1. The molecule has 2 aliphatic heterocycles. The van der Waals surface area contributed by atoms with E-state index in [2.05, 4.69) is 10.2 Å². The molecule has 0 radical (unpaired) electrons. The number of nitrogens with zero attached hydrogens (tertiary/aromatic N) is 2. The van der Waals surface area contributed by atoms with Crippen LogP contribution in [0.3, 0.4) is 0 Å². The first-order valence-electron chi connectivity index (χ1n) is 10.7. The molecule has 0 aromatic heterocycles. The lowest BCUT2D eigenvalue weighted by molar-refractivity contribution is -0.119. The third-order valence-corrected chi connectivity index (χ3v) is 7.76. The van der Waals surface area contributed by atoms with E-state index in [1.54, 1.807) is 24.3 Å². The van der Waals surface area contributed by atoms with Crippen LogP contribution in [-0.4, -0.2) is 62.4 Å². The maximum atomic E-state index is 13.1. The first-order valence-corrected chi connectivity index (χ1v) is 12.2. The largest absolute Gasteiger partial charge is 0.379 e. The number of aryl methyl sites for hydroxylation is 1. The number of carbonyl (C=O) groups is 1. The van der Waals surface area contributed by atoms with Crippen LogP contribution in [0.1, 0.15) is 24.0 Å². The molecule has 2 heterocycles. The van der Waals surface area contributed by atoms with Crippen LogP contribution in [0.4, 0.5) is 5.69 Å². The number of carbonyl (C=O) groups excluding carboxylic acids is 1. The van der Waals surface area contributed by atoms with Gasteiger partial charge in [0.25, 0.3) is 0 Å². The van der Waals surface area contributed by atoms with E-state index < -0.39 is 16.1 Å². The fraction of sp³-hybridized carbons (Fsp3) is 0.435. The maximum Gasteiger partial charge on any atom is 0.243 e. The zero-order valence-corrected chi connectivity index (χ0v) is 18.6. The Morgan fingerprint density at radius 3 is 2.58 bits per heavy atom. The van der Waals surface area contributed by atoms with Crippen molar-refractivity contribution in [3.8, 4) is 0 Å². The number of sulfonamides is 1. The molecular formula is C23H29N3O4S. The smallest absolute Gasteiger partial charge is 0.243 e. The van der Waals surface area contributed by atoms with Gasteiger partial charge in [-0.2, -0.15) is 4.31 Å². The number of benzene rings is 2. The average molecular weight is 444 g/mol. The molecule has 0 saturated carbocycles. The summed E-state index contributed by atoms with van der Waals surface area (Å²) in [6.45, 7) is 6.33. The molecule has 1 amide bonds. The number of nitrogens with one attached hydrogen (secondary N) is 1.